The molecule has 0 aliphatic carbocycles. The van der Waals surface area contributed by atoms with Crippen LogP contribution in [0.1, 0.15) is 18.4 Å². The van der Waals surface area contributed by atoms with E-state index in [1.807, 2.05) is 34.1 Å². The zero-order chi connectivity index (χ0) is 17.6. The molecular formula is C18H25ClN4O2. The smallest absolute Gasteiger partial charge is 0.242 e. The van der Waals surface area contributed by atoms with Crippen LogP contribution >= 0.6 is 11.6 Å². The quantitative estimate of drug-likeness (QED) is 0.653. The number of hydrogen-bond acceptors (Lipinski definition) is 3. The van der Waals surface area contributed by atoms with E-state index >= 15 is 0 Å². The van der Waals surface area contributed by atoms with Crippen molar-refractivity contribution in [2.75, 3.05) is 39.8 Å². The largest absolute Gasteiger partial charge is 0.376 e. The minimum absolute atomic E-state index is 0.112. The Kier molecular flexibility index (Phi) is 6.15. The third kappa shape index (κ3) is 4.86. The Labute approximate surface area is 153 Å². The summed E-state index contributed by atoms with van der Waals surface area (Å²) < 4.78 is 5.63. The number of benzene rings is 1. The number of carbonyl (C=O) groups is 1. The molecule has 1 amide bonds. The van der Waals surface area contributed by atoms with Crippen LogP contribution in [0, 0.1) is 0 Å². The van der Waals surface area contributed by atoms with Crippen LogP contribution in [0.3, 0.4) is 0 Å². The van der Waals surface area contributed by atoms with Crippen LogP contribution in [0.4, 0.5) is 0 Å². The minimum Gasteiger partial charge on any atom is -0.376 e. The highest BCUT2D eigenvalue weighted by atomic mass is 35.5. The van der Waals surface area contributed by atoms with Gasteiger partial charge in [0.1, 0.15) is 0 Å². The molecule has 0 spiro atoms. The van der Waals surface area contributed by atoms with Crippen molar-refractivity contribution in [1.29, 1.82) is 0 Å². The molecule has 2 aliphatic rings. The minimum atomic E-state index is 0.112. The number of amides is 1. The molecule has 6 nitrogen and oxygen atoms in total. The molecule has 2 aliphatic heterocycles. The van der Waals surface area contributed by atoms with E-state index in [2.05, 4.69) is 10.3 Å². The summed E-state index contributed by atoms with van der Waals surface area (Å²) in [6, 6.07) is 7.64. The lowest BCUT2D eigenvalue weighted by atomic mass is 10.2. The summed E-state index contributed by atoms with van der Waals surface area (Å²) in [5, 5.41) is 4.05. The lowest BCUT2D eigenvalue weighted by molar-refractivity contribution is -0.135. The first-order chi connectivity index (χ1) is 12.2. The van der Waals surface area contributed by atoms with E-state index in [4.69, 9.17) is 16.3 Å². The second kappa shape index (κ2) is 8.54. The summed E-state index contributed by atoms with van der Waals surface area (Å²) in [4.78, 5) is 20.7. The number of aliphatic imine (C=N–C) groups is 1. The topological polar surface area (TPSA) is 57.2 Å². The number of nitrogens with one attached hydrogen (secondary N) is 1. The Balaban J connectivity index is 1.51. The van der Waals surface area contributed by atoms with Gasteiger partial charge in [-0.05, 0) is 30.5 Å². The number of hydrogen-bond donors (Lipinski definition) is 1. The van der Waals surface area contributed by atoms with Gasteiger partial charge in [-0.2, -0.15) is 0 Å². The third-order valence-corrected chi connectivity index (χ3v) is 4.88. The van der Waals surface area contributed by atoms with Gasteiger partial charge >= 0.3 is 0 Å². The zero-order valence-electron chi connectivity index (χ0n) is 14.6. The molecule has 2 heterocycles. The van der Waals surface area contributed by atoms with Crippen LogP contribution in [-0.2, 0) is 16.1 Å². The van der Waals surface area contributed by atoms with Crippen molar-refractivity contribution < 1.29 is 9.53 Å². The number of halogens is 1. The predicted octanol–water partition coefficient (Wildman–Crippen LogP) is 1.74. The fourth-order valence-electron chi connectivity index (χ4n) is 3.21. The SMILES string of the molecule is CN=C(NCC1CCCO1)N1CCN(Cc2ccc(Cl)cc2)C(=O)C1. The molecule has 25 heavy (non-hydrogen) atoms. The van der Waals surface area contributed by atoms with Gasteiger partial charge in [0.05, 0.1) is 12.6 Å². The molecule has 1 aromatic rings. The molecule has 136 valence electrons. The summed E-state index contributed by atoms with van der Waals surface area (Å²) in [6.45, 7) is 4.00. The highest BCUT2D eigenvalue weighted by Gasteiger charge is 2.26. The van der Waals surface area contributed by atoms with E-state index < -0.39 is 0 Å². The van der Waals surface area contributed by atoms with Gasteiger partial charge in [-0.3, -0.25) is 9.79 Å². The maximum absolute atomic E-state index is 12.5. The Bertz CT molecular complexity index is 614. The summed E-state index contributed by atoms with van der Waals surface area (Å²) in [5.74, 6) is 0.885. The lowest BCUT2D eigenvalue weighted by Crippen LogP contribution is -2.55. The second-order valence-electron chi connectivity index (χ2n) is 6.43. The molecule has 7 heteroatoms. The Hall–Kier alpha value is -1.79. The number of rotatable bonds is 4. The molecule has 1 aromatic carbocycles. The molecule has 0 radical (unpaired) electrons. The van der Waals surface area contributed by atoms with E-state index in [-0.39, 0.29) is 12.0 Å². The van der Waals surface area contributed by atoms with Gasteiger partial charge < -0.3 is 19.9 Å². The number of ether oxygens (including phenoxy) is 1. The maximum Gasteiger partial charge on any atom is 0.242 e. The highest BCUT2D eigenvalue weighted by Crippen LogP contribution is 2.14. The fraction of sp³-hybridized carbons (Fsp3) is 0.556. The molecular weight excluding hydrogens is 340 g/mol. The van der Waals surface area contributed by atoms with Crippen molar-refractivity contribution in [2.45, 2.75) is 25.5 Å². The standard InChI is InChI=1S/C18H25ClN4O2/c1-20-18(21-11-16-3-2-10-25-16)23-9-8-22(17(24)13-23)12-14-4-6-15(19)7-5-14/h4-7,16H,2-3,8-13H2,1H3,(H,20,21). The van der Waals surface area contributed by atoms with Crippen molar-refractivity contribution in [3.63, 3.8) is 0 Å². The Morgan fingerprint density at radius 3 is 2.80 bits per heavy atom. The highest BCUT2D eigenvalue weighted by molar-refractivity contribution is 6.30. The molecule has 0 saturated carbocycles. The monoisotopic (exact) mass is 364 g/mol. The molecule has 0 bridgehead atoms. The van der Waals surface area contributed by atoms with Crippen LogP contribution < -0.4 is 5.32 Å². The predicted molar refractivity (Wildman–Crippen MR) is 98.8 cm³/mol. The Morgan fingerprint density at radius 1 is 1.36 bits per heavy atom. The van der Waals surface area contributed by atoms with Crippen LogP contribution in [0.5, 0.6) is 0 Å². The molecule has 3 rings (SSSR count). The average Bonchev–Trinajstić information content (AvgIpc) is 3.13. The van der Waals surface area contributed by atoms with E-state index in [1.165, 1.54) is 0 Å². The lowest BCUT2D eigenvalue weighted by Gasteiger charge is -2.36. The van der Waals surface area contributed by atoms with Crippen LogP contribution in [0.15, 0.2) is 29.3 Å². The average molecular weight is 365 g/mol. The third-order valence-electron chi connectivity index (χ3n) is 4.63. The number of carbonyl (C=O) groups excluding carboxylic acids is 1. The van der Waals surface area contributed by atoms with Crippen LogP contribution in [-0.4, -0.2) is 67.6 Å². The van der Waals surface area contributed by atoms with E-state index in [0.29, 0.717) is 24.7 Å². The summed E-state index contributed by atoms with van der Waals surface area (Å²) >= 11 is 5.91. The van der Waals surface area contributed by atoms with Gasteiger partial charge in [-0.1, -0.05) is 23.7 Å². The van der Waals surface area contributed by atoms with E-state index in [1.54, 1.807) is 7.05 Å². The molecule has 0 aromatic heterocycles. The van der Waals surface area contributed by atoms with Crippen molar-refractivity contribution in [3.8, 4) is 0 Å². The normalized spacial score (nSPS) is 21.8. The van der Waals surface area contributed by atoms with Gasteiger partial charge in [-0.25, -0.2) is 0 Å². The molecule has 1 N–H and O–H groups in total. The van der Waals surface area contributed by atoms with E-state index in [0.717, 1.165) is 44.1 Å². The first-order valence-electron chi connectivity index (χ1n) is 8.75. The molecule has 1 atom stereocenters. The first kappa shape index (κ1) is 18.0. The van der Waals surface area contributed by atoms with Gasteiger partial charge in [0.2, 0.25) is 5.91 Å². The molecule has 1 unspecified atom stereocenters. The van der Waals surface area contributed by atoms with Crippen molar-refractivity contribution in [1.82, 2.24) is 15.1 Å². The summed E-state index contributed by atoms with van der Waals surface area (Å²) in [6.07, 6.45) is 2.45. The van der Waals surface area contributed by atoms with Gasteiger partial charge in [-0.15, -0.1) is 0 Å². The second-order valence-corrected chi connectivity index (χ2v) is 6.86. The van der Waals surface area contributed by atoms with Gasteiger partial charge in [0, 0.05) is 44.9 Å². The zero-order valence-corrected chi connectivity index (χ0v) is 15.3. The van der Waals surface area contributed by atoms with Crippen molar-refractivity contribution in [3.05, 3.63) is 34.9 Å². The number of guanidine groups is 1. The Morgan fingerprint density at radius 2 is 2.16 bits per heavy atom. The van der Waals surface area contributed by atoms with Gasteiger partial charge in [0.15, 0.2) is 5.96 Å². The van der Waals surface area contributed by atoms with E-state index in [9.17, 15) is 4.79 Å². The van der Waals surface area contributed by atoms with Gasteiger partial charge in [0.25, 0.3) is 0 Å². The maximum atomic E-state index is 12.5. The molecule has 2 saturated heterocycles. The summed E-state index contributed by atoms with van der Waals surface area (Å²) in [7, 11) is 1.75. The van der Waals surface area contributed by atoms with Crippen LogP contribution in [0.25, 0.3) is 0 Å². The number of piperazine rings is 1. The van der Waals surface area contributed by atoms with Crippen LogP contribution in [0.2, 0.25) is 5.02 Å². The first-order valence-corrected chi connectivity index (χ1v) is 9.13. The van der Waals surface area contributed by atoms with Crippen molar-refractivity contribution in [2.24, 2.45) is 4.99 Å². The number of nitrogens with zero attached hydrogens (tertiary/aromatic N) is 3. The molecule has 2 fully saturated rings. The van der Waals surface area contributed by atoms with Crippen molar-refractivity contribution >= 4 is 23.5 Å². The fourth-order valence-corrected chi connectivity index (χ4v) is 3.34. The summed E-state index contributed by atoms with van der Waals surface area (Å²) in [5.41, 5.74) is 1.09.